The van der Waals surface area contributed by atoms with Crippen molar-refractivity contribution < 1.29 is 23.1 Å². The Bertz CT molecular complexity index is 385. The topological polar surface area (TPSA) is 101 Å². The number of nitrogens with one attached hydrogen (secondary N) is 1. The van der Waals surface area contributed by atoms with Crippen LogP contribution in [0.4, 0.5) is 0 Å². The van der Waals surface area contributed by atoms with E-state index in [0.717, 1.165) is 6.26 Å². The molecule has 94 valence electrons. The van der Waals surface area contributed by atoms with E-state index in [9.17, 15) is 18.0 Å². The summed E-state index contributed by atoms with van der Waals surface area (Å²) in [6.07, 6.45) is 1.05. The van der Waals surface area contributed by atoms with Crippen molar-refractivity contribution in [3.63, 3.8) is 0 Å². The molecule has 2 N–H and O–H groups in total. The Labute approximate surface area is 95.0 Å². The lowest BCUT2D eigenvalue weighted by molar-refractivity contribution is -0.153. The fraction of sp³-hybridized carbons (Fsp3) is 0.778. The van der Waals surface area contributed by atoms with Gasteiger partial charge in [-0.1, -0.05) is 0 Å². The van der Waals surface area contributed by atoms with E-state index >= 15 is 0 Å². The summed E-state index contributed by atoms with van der Waals surface area (Å²) in [7, 11) is -3.20. The first-order chi connectivity index (χ1) is 6.97. The molecule has 0 saturated heterocycles. The molecule has 1 unspecified atom stereocenters. The third-order valence-electron chi connectivity index (χ3n) is 2.03. The highest BCUT2D eigenvalue weighted by Gasteiger charge is 2.36. The highest BCUT2D eigenvalue weighted by atomic mass is 32.2. The average molecular weight is 251 g/mol. The maximum Gasteiger partial charge on any atom is 0.318 e. The predicted octanol–water partition coefficient (Wildman–Crippen LogP) is -0.353. The van der Waals surface area contributed by atoms with Crippen molar-refractivity contribution in [1.82, 2.24) is 5.32 Å². The number of hydrogen-bond donors (Lipinski definition) is 2. The molecule has 0 aliphatic rings. The molecule has 0 spiro atoms. The van der Waals surface area contributed by atoms with Gasteiger partial charge in [-0.15, -0.1) is 0 Å². The molecule has 0 heterocycles. The van der Waals surface area contributed by atoms with Crippen LogP contribution in [0, 0.1) is 5.41 Å². The molecule has 1 atom stereocenters. The quantitative estimate of drug-likeness (QED) is 0.650. The van der Waals surface area contributed by atoms with Crippen LogP contribution >= 0.6 is 0 Å². The number of sulfone groups is 1. The van der Waals surface area contributed by atoms with Crippen LogP contribution in [0.25, 0.3) is 0 Å². The molecule has 0 saturated carbocycles. The Hall–Kier alpha value is -1.11. The average Bonchev–Trinajstić information content (AvgIpc) is 1.99. The van der Waals surface area contributed by atoms with Crippen LogP contribution in [0.1, 0.15) is 20.8 Å². The van der Waals surface area contributed by atoms with Crippen LogP contribution in [0.5, 0.6) is 0 Å². The molecule has 0 aromatic heterocycles. The van der Waals surface area contributed by atoms with Gasteiger partial charge in [-0.3, -0.25) is 9.59 Å². The van der Waals surface area contributed by atoms with Crippen molar-refractivity contribution in [1.29, 1.82) is 0 Å². The minimum absolute atomic E-state index is 0.214. The molecule has 16 heavy (non-hydrogen) atoms. The van der Waals surface area contributed by atoms with Gasteiger partial charge in [0.15, 0.2) is 0 Å². The molecule has 0 radical (unpaired) electrons. The van der Waals surface area contributed by atoms with Gasteiger partial charge < -0.3 is 10.4 Å². The lowest BCUT2D eigenvalue weighted by Crippen LogP contribution is -2.47. The third-order valence-corrected chi connectivity index (χ3v) is 3.14. The van der Waals surface area contributed by atoms with Crippen molar-refractivity contribution in [2.45, 2.75) is 26.8 Å². The summed E-state index contributed by atoms with van der Waals surface area (Å²) in [5, 5.41) is 11.1. The number of amides is 1. The summed E-state index contributed by atoms with van der Waals surface area (Å²) < 4.78 is 21.9. The van der Waals surface area contributed by atoms with Gasteiger partial charge in [0.25, 0.3) is 0 Å². The second kappa shape index (κ2) is 4.82. The first-order valence-corrected chi connectivity index (χ1v) is 6.75. The Morgan fingerprint density at radius 2 is 1.81 bits per heavy atom. The Morgan fingerprint density at radius 3 is 2.12 bits per heavy atom. The van der Waals surface area contributed by atoms with Crippen molar-refractivity contribution in [3.8, 4) is 0 Å². The molecule has 7 heteroatoms. The van der Waals surface area contributed by atoms with Crippen molar-refractivity contribution in [2.75, 3.05) is 12.0 Å². The molecular formula is C9H17NO5S. The number of hydrogen-bond acceptors (Lipinski definition) is 4. The zero-order valence-electron chi connectivity index (χ0n) is 9.77. The van der Waals surface area contributed by atoms with Gasteiger partial charge in [0.05, 0.1) is 5.75 Å². The highest BCUT2D eigenvalue weighted by molar-refractivity contribution is 7.90. The minimum atomic E-state index is -3.20. The van der Waals surface area contributed by atoms with E-state index in [2.05, 4.69) is 5.32 Å². The normalized spacial score (nSPS) is 14.2. The van der Waals surface area contributed by atoms with Gasteiger partial charge >= 0.3 is 5.97 Å². The van der Waals surface area contributed by atoms with Gasteiger partial charge in [0.2, 0.25) is 5.91 Å². The second-order valence-corrected chi connectivity index (χ2v) is 6.58. The molecule has 0 aromatic rings. The van der Waals surface area contributed by atoms with E-state index in [0.29, 0.717) is 0 Å². The summed E-state index contributed by atoms with van der Waals surface area (Å²) in [5.74, 6) is -2.17. The van der Waals surface area contributed by atoms with E-state index in [1.165, 1.54) is 20.8 Å². The fourth-order valence-corrected chi connectivity index (χ4v) is 1.99. The number of carboxylic acids is 1. The lowest BCUT2D eigenvalue weighted by atomic mass is 9.92. The Morgan fingerprint density at radius 1 is 1.38 bits per heavy atom. The molecule has 0 aliphatic carbocycles. The molecule has 0 bridgehead atoms. The molecule has 1 amide bonds. The van der Waals surface area contributed by atoms with Crippen LogP contribution < -0.4 is 5.32 Å². The second-order valence-electron chi connectivity index (χ2n) is 4.40. The monoisotopic (exact) mass is 251 g/mol. The number of carbonyl (C=O) groups excluding carboxylic acids is 1. The fourth-order valence-electron chi connectivity index (χ4n) is 0.997. The summed E-state index contributed by atoms with van der Waals surface area (Å²) >= 11 is 0. The highest BCUT2D eigenvalue weighted by Crippen LogP contribution is 2.15. The molecular weight excluding hydrogens is 234 g/mol. The Balaban J connectivity index is 4.53. The van der Waals surface area contributed by atoms with E-state index in [4.69, 9.17) is 5.11 Å². The van der Waals surface area contributed by atoms with Crippen molar-refractivity contribution in [2.24, 2.45) is 5.41 Å². The maximum absolute atomic E-state index is 11.5. The van der Waals surface area contributed by atoms with E-state index in [1.54, 1.807) is 0 Å². The summed E-state index contributed by atoms with van der Waals surface area (Å²) in [6, 6.07) is -0.610. The van der Waals surface area contributed by atoms with E-state index in [1.807, 2.05) is 0 Å². The molecule has 0 fully saturated rings. The number of rotatable bonds is 5. The summed E-state index contributed by atoms with van der Waals surface area (Å²) in [4.78, 5) is 22.3. The zero-order valence-corrected chi connectivity index (χ0v) is 10.6. The number of carboxylic acid groups (broad SMARTS) is 1. The largest absolute Gasteiger partial charge is 0.480 e. The van der Waals surface area contributed by atoms with Gasteiger partial charge in [-0.2, -0.15) is 0 Å². The number of carbonyl (C=O) groups is 2. The SMILES string of the molecule is CC(CS(C)(=O)=O)NC(=O)C(C)(C)C(=O)O. The smallest absolute Gasteiger partial charge is 0.318 e. The van der Waals surface area contributed by atoms with Gasteiger partial charge in [0.1, 0.15) is 15.3 Å². The first-order valence-electron chi connectivity index (χ1n) is 4.69. The van der Waals surface area contributed by atoms with Crippen LogP contribution in [0.2, 0.25) is 0 Å². The van der Waals surface area contributed by atoms with Crippen molar-refractivity contribution >= 4 is 21.7 Å². The summed E-state index contributed by atoms with van der Waals surface area (Å²) in [6.45, 7) is 4.03. The van der Waals surface area contributed by atoms with Crippen molar-refractivity contribution in [3.05, 3.63) is 0 Å². The van der Waals surface area contributed by atoms with Gasteiger partial charge in [-0.25, -0.2) is 8.42 Å². The van der Waals surface area contributed by atoms with Crippen LogP contribution in [-0.2, 0) is 19.4 Å². The Kier molecular flexibility index (Phi) is 4.48. The lowest BCUT2D eigenvalue weighted by Gasteiger charge is -2.21. The summed E-state index contributed by atoms with van der Waals surface area (Å²) in [5.41, 5.74) is -1.56. The van der Waals surface area contributed by atoms with E-state index in [-0.39, 0.29) is 5.75 Å². The minimum Gasteiger partial charge on any atom is -0.480 e. The molecule has 6 nitrogen and oxygen atoms in total. The van der Waals surface area contributed by atoms with Crippen LogP contribution in [0.3, 0.4) is 0 Å². The van der Waals surface area contributed by atoms with Crippen LogP contribution in [-0.4, -0.2) is 43.5 Å². The number of aliphatic carboxylic acids is 1. The molecule has 0 aliphatic heterocycles. The maximum atomic E-state index is 11.5. The van der Waals surface area contributed by atoms with Gasteiger partial charge in [-0.05, 0) is 20.8 Å². The van der Waals surface area contributed by atoms with Gasteiger partial charge in [0, 0.05) is 12.3 Å². The standard InChI is InChI=1S/C9H17NO5S/c1-6(5-16(4,14)15)10-7(11)9(2,3)8(12)13/h6H,5H2,1-4H3,(H,10,11)(H,12,13). The first kappa shape index (κ1) is 14.9. The third kappa shape index (κ3) is 4.61. The molecule has 0 rings (SSSR count). The van der Waals surface area contributed by atoms with E-state index < -0.39 is 33.2 Å². The predicted molar refractivity (Wildman–Crippen MR) is 58.7 cm³/mol. The molecule has 0 aromatic carbocycles. The van der Waals surface area contributed by atoms with Crippen LogP contribution in [0.15, 0.2) is 0 Å². The zero-order chi connectivity index (χ0) is 13.1.